The molecule has 1 fully saturated rings. The average Bonchev–Trinajstić information content (AvgIpc) is 3.21. The molecule has 0 saturated carbocycles. The Hall–Kier alpha value is -2.81. The van der Waals surface area contributed by atoms with Crippen molar-refractivity contribution >= 4 is 29.2 Å². The number of halogens is 1. The van der Waals surface area contributed by atoms with Gasteiger partial charge in [-0.3, -0.25) is 25.4 Å². The van der Waals surface area contributed by atoms with Crippen LogP contribution in [0.5, 0.6) is 0 Å². The topological polar surface area (TPSA) is 113 Å². The van der Waals surface area contributed by atoms with Gasteiger partial charge in [0.1, 0.15) is 5.82 Å². The summed E-state index contributed by atoms with van der Waals surface area (Å²) in [5, 5.41) is 7.80. The van der Waals surface area contributed by atoms with Crippen LogP contribution < -0.4 is 15.8 Å². The fourth-order valence-corrected chi connectivity index (χ4v) is 2.65. The van der Waals surface area contributed by atoms with E-state index < -0.39 is 17.7 Å². The predicted octanol–water partition coefficient (Wildman–Crippen LogP) is 1.08. The monoisotopic (exact) mass is 375 g/mol. The fourth-order valence-electron chi connectivity index (χ4n) is 2.55. The van der Waals surface area contributed by atoms with E-state index in [4.69, 9.17) is 11.6 Å². The van der Waals surface area contributed by atoms with Crippen molar-refractivity contribution in [2.45, 2.75) is 25.7 Å². The van der Waals surface area contributed by atoms with Crippen LogP contribution in [0, 0.1) is 0 Å². The number of amides is 2. The summed E-state index contributed by atoms with van der Waals surface area (Å²) < 4.78 is 0. The molecule has 2 aromatic heterocycles. The first-order valence-electron chi connectivity index (χ1n) is 8.21. The number of nitrogens with zero attached hydrogens (tertiary/aromatic N) is 5. The molecule has 2 amide bonds. The number of anilines is 1. The minimum atomic E-state index is -0.609. The second-order valence-electron chi connectivity index (χ2n) is 5.90. The van der Waals surface area contributed by atoms with Crippen LogP contribution in [-0.4, -0.2) is 45.1 Å². The molecule has 0 radical (unpaired) electrons. The van der Waals surface area contributed by atoms with Crippen molar-refractivity contribution in [3.05, 3.63) is 41.1 Å². The first-order chi connectivity index (χ1) is 12.5. The molecule has 0 aliphatic carbocycles. The van der Waals surface area contributed by atoms with Crippen LogP contribution in [0.2, 0.25) is 5.15 Å². The first kappa shape index (κ1) is 18.0. The summed E-state index contributed by atoms with van der Waals surface area (Å²) in [6.45, 7) is 3.44. The maximum absolute atomic E-state index is 12.2. The molecule has 9 nitrogen and oxygen atoms in total. The smallest absolute Gasteiger partial charge is 0.289 e. The molecule has 1 atom stereocenters. The molecule has 10 heteroatoms. The van der Waals surface area contributed by atoms with Gasteiger partial charge in [-0.25, -0.2) is 4.98 Å². The number of hydrazine groups is 1. The standard InChI is InChI=1S/C16H18ClN7O2/c1-10(11-4-5-13(17)21-20-11)15(25)22-23-16(26)12-8-18-9-14(19-12)24-6-2-3-7-24/h4-5,8-10H,2-3,6-7H2,1H3,(H,22,25)(H,23,26). The van der Waals surface area contributed by atoms with Crippen molar-refractivity contribution < 1.29 is 9.59 Å². The molecule has 0 aromatic carbocycles. The van der Waals surface area contributed by atoms with E-state index >= 15 is 0 Å². The van der Waals surface area contributed by atoms with Gasteiger partial charge >= 0.3 is 0 Å². The Kier molecular flexibility index (Phi) is 5.57. The Morgan fingerprint density at radius 1 is 1.15 bits per heavy atom. The van der Waals surface area contributed by atoms with E-state index in [9.17, 15) is 9.59 Å². The van der Waals surface area contributed by atoms with Crippen molar-refractivity contribution in [3.8, 4) is 0 Å². The molecule has 2 N–H and O–H groups in total. The molecular formula is C16H18ClN7O2. The predicted molar refractivity (Wildman–Crippen MR) is 94.5 cm³/mol. The largest absolute Gasteiger partial charge is 0.355 e. The van der Waals surface area contributed by atoms with Crippen LogP contribution in [-0.2, 0) is 4.79 Å². The van der Waals surface area contributed by atoms with Crippen molar-refractivity contribution in [2.24, 2.45) is 0 Å². The molecule has 136 valence electrons. The van der Waals surface area contributed by atoms with E-state index in [0.29, 0.717) is 11.5 Å². The Morgan fingerprint density at radius 2 is 1.92 bits per heavy atom. The van der Waals surface area contributed by atoms with E-state index in [2.05, 4.69) is 35.9 Å². The molecule has 2 aromatic rings. The molecule has 0 spiro atoms. The number of rotatable bonds is 4. The highest BCUT2D eigenvalue weighted by Gasteiger charge is 2.19. The van der Waals surface area contributed by atoms with Gasteiger partial charge in [-0.15, -0.1) is 5.10 Å². The van der Waals surface area contributed by atoms with Crippen molar-refractivity contribution in [1.29, 1.82) is 0 Å². The fraction of sp³-hybridized carbons (Fsp3) is 0.375. The summed E-state index contributed by atoms with van der Waals surface area (Å²) in [5.41, 5.74) is 5.28. The lowest BCUT2D eigenvalue weighted by molar-refractivity contribution is -0.123. The minimum Gasteiger partial charge on any atom is -0.355 e. The second-order valence-corrected chi connectivity index (χ2v) is 6.29. The number of aromatic nitrogens is 4. The third kappa shape index (κ3) is 4.23. The van der Waals surface area contributed by atoms with Crippen molar-refractivity contribution in [3.63, 3.8) is 0 Å². The van der Waals surface area contributed by atoms with Gasteiger partial charge < -0.3 is 4.90 Å². The van der Waals surface area contributed by atoms with E-state index in [1.54, 1.807) is 25.3 Å². The van der Waals surface area contributed by atoms with Crippen molar-refractivity contribution in [2.75, 3.05) is 18.0 Å². The molecule has 3 rings (SSSR count). The Labute approximate surface area is 155 Å². The maximum Gasteiger partial charge on any atom is 0.289 e. The number of carbonyl (C=O) groups is 2. The highest BCUT2D eigenvalue weighted by atomic mass is 35.5. The third-order valence-corrected chi connectivity index (χ3v) is 4.27. The maximum atomic E-state index is 12.2. The van der Waals surface area contributed by atoms with Gasteiger partial charge in [-0.05, 0) is 31.9 Å². The minimum absolute atomic E-state index is 0.133. The quantitative estimate of drug-likeness (QED) is 0.769. The zero-order valence-electron chi connectivity index (χ0n) is 14.1. The van der Waals surface area contributed by atoms with Crippen LogP contribution in [0.4, 0.5) is 5.82 Å². The summed E-state index contributed by atoms with van der Waals surface area (Å²) in [7, 11) is 0. The molecule has 1 saturated heterocycles. The molecule has 3 heterocycles. The summed E-state index contributed by atoms with van der Waals surface area (Å²) in [4.78, 5) is 34.8. The van der Waals surface area contributed by atoms with Gasteiger partial charge in [0.15, 0.2) is 10.8 Å². The van der Waals surface area contributed by atoms with E-state index in [-0.39, 0.29) is 10.8 Å². The van der Waals surface area contributed by atoms with Gasteiger partial charge in [0.25, 0.3) is 5.91 Å². The highest BCUT2D eigenvalue weighted by Crippen LogP contribution is 2.16. The van der Waals surface area contributed by atoms with Gasteiger partial charge in [-0.1, -0.05) is 11.6 Å². The number of nitrogens with one attached hydrogen (secondary N) is 2. The van der Waals surface area contributed by atoms with E-state index in [1.165, 1.54) is 6.20 Å². The van der Waals surface area contributed by atoms with Gasteiger partial charge in [0.2, 0.25) is 5.91 Å². The lowest BCUT2D eigenvalue weighted by atomic mass is 10.1. The zero-order chi connectivity index (χ0) is 18.5. The molecule has 26 heavy (non-hydrogen) atoms. The van der Waals surface area contributed by atoms with Gasteiger partial charge in [0.05, 0.1) is 24.0 Å². The first-order valence-corrected chi connectivity index (χ1v) is 8.58. The Balaban J connectivity index is 1.58. The molecular weight excluding hydrogens is 358 g/mol. The number of hydrogen-bond acceptors (Lipinski definition) is 7. The van der Waals surface area contributed by atoms with E-state index in [1.807, 2.05) is 0 Å². The van der Waals surface area contributed by atoms with Crippen LogP contribution in [0.15, 0.2) is 24.5 Å². The van der Waals surface area contributed by atoms with Crippen molar-refractivity contribution in [1.82, 2.24) is 31.0 Å². The normalized spacial score (nSPS) is 14.8. The SMILES string of the molecule is CC(C(=O)NNC(=O)c1cncc(N2CCCC2)n1)c1ccc(Cl)nn1. The van der Waals surface area contributed by atoms with E-state index in [0.717, 1.165) is 25.9 Å². The van der Waals surface area contributed by atoms with Crippen LogP contribution in [0.3, 0.4) is 0 Å². The zero-order valence-corrected chi connectivity index (χ0v) is 14.9. The Morgan fingerprint density at radius 3 is 2.62 bits per heavy atom. The highest BCUT2D eigenvalue weighted by molar-refractivity contribution is 6.29. The third-order valence-electron chi connectivity index (χ3n) is 4.07. The van der Waals surface area contributed by atoms with Gasteiger partial charge in [-0.2, -0.15) is 5.10 Å². The summed E-state index contributed by atoms with van der Waals surface area (Å²) in [6.07, 6.45) is 5.18. The molecule has 1 aliphatic rings. The molecule has 1 aliphatic heterocycles. The van der Waals surface area contributed by atoms with Crippen LogP contribution in [0.1, 0.15) is 41.9 Å². The second kappa shape index (κ2) is 8.05. The number of carbonyl (C=O) groups excluding carboxylic acids is 2. The molecule has 1 unspecified atom stereocenters. The van der Waals surface area contributed by atoms with Gasteiger partial charge in [0, 0.05) is 13.1 Å². The molecule has 0 bridgehead atoms. The summed E-state index contributed by atoms with van der Waals surface area (Å²) in [6, 6.07) is 3.15. The summed E-state index contributed by atoms with van der Waals surface area (Å²) in [5.74, 6) is -0.923. The Bertz CT molecular complexity index is 793. The lowest BCUT2D eigenvalue weighted by Gasteiger charge is -2.16. The number of hydrogen-bond donors (Lipinski definition) is 2. The average molecular weight is 376 g/mol. The lowest BCUT2D eigenvalue weighted by Crippen LogP contribution is -2.44. The summed E-state index contributed by atoms with van der Waals surface area (Å²) >= 11 is 5.68. The van der Waals surface area contributed by atoms with Crippen LogP contribution >= 0.6 is 11.6 Å². The van der Waals surface area contributed by atoms with Crippen LogP contribution in [0.25, 0.3) is 0 Å².